The Hall–Kier alpha value is -3.00. The summed E-state index contributed by atoms with van der Waals surface area (Å²) in [6.07, 6.45) is 0. The molecular weight excluding hydrogens is 342 g/mol. The Kier molecular flexibility index (Phi) is 4.62. The number of carbonyl (C=O) groups is 1. The van der Waals surface area contributed by atoms with Crippen LogP contribution in [0.5, 0.6) is 0 Å². The molecule has 0 spiro atoms. The molecule has 0 saturated heterocycles. The van der Waals surface area contributed by atoms with E-state index in [-0.39, 0.29) is 16.8 Å². The maximum absolute atomic E-state index is 12.0. The van der Waals surface area contributed by atoms with E-state index in [2.05, 4.69) is 36.0 Å². The molecule has 0 fully saturated rings. The summed E-state index contributed by atoms with van der Waals surface area (Å²) < 4.78 is 0. The Balaban J connectivity index is 2.02. The van der Waals surface area contributed by atoms with E-state index in [0.29, 0.717) is 11.5 Å². The van der Waals surface area contributed by atoms with Gasteiger partial charge < -0.3 is 10.6 Å². The summed E-state index contributed by atoms with van der Waals surface area (Å²) in [5.74, 6) is 0.987. The minimum absolute atomic E-state index is 0.158. The number of halogens is 1. The molecule has 3 N–H and O–H groups in total. The molecule has 0 unspecified atom stereocenters. The third kappa shape index (κ3) is 3.43. The molecular formula is C16H16ClN7O. The van der Waals surface area contributed by atoms with Crippen LogP contribution in [0.15, 0.2) is 24.3 Å². The van der Waals surface area contributed by atoms with Crippen molar-refractivity contribution in [2.75, 3.05) is 12.4 Å². The van der Waals surface area contributed by atoms with Gasteiger partial charge in [-0.25, -0.2) is 4.98 Å². The van der Waals surface area contributed by atoms with Crippen LogP contribution in [0.25, 0.3) is 11.4 Å². The molecule has 0 bridgehead atoms. The Bertz CT molecular complexity index is 938. The van der Waals surface area contributed by atoms with Crippen molar-refractivity contribution in [3.63, 3.8) is 0 Å². The topological polar surface area (TPSA) is 108 Å². The number of rotatable bonds is 4. The summed E-state index contributed by atoms with van der Waals surface area (Å²) in [6.45, 7) is 3.79. The smallest absolute Gasteiger partial charge is 0.273 e. The second kappa shape index (κ2) is 6.86. The van der Waals surface area contributed by atoms with Crippen molar-refractivity contribution in [1.82, 2.24) is 30.7 Å². The lowest BCUT2D eigenvalue weighted by molar-refractivity contribution is 0.0958. The first kappa shape index (κ1) is 16.8. The van der Waals surface area contributed by atoms with Crippen molar-refractivity contribution < 1.29 is 4.79 Å². The van der Waals surface area contributed by atoms with Gasteiger partial charge in [0.1, 0.15) is 5.82 Å². The first-order valence-electron chi connectivity index (χ1n) is 7.51. The van der Waals surface area contributed by atoms with E-state index in [1.807, 2.05) is 32.0 Å². The van der Waals surface area contributed by atoms with Crippen molar-refractivity contribution in [3.05, 3.63) is 46.5 Å². The van der Waals surface area contributed by atoms with E-state index < -0.39 is 0 Å². The van der Waals surface area contributed by atoms with Crippen LogP contribution in [0.4, 0.5) is 11.4 Å². The third-order valence-corrected chi connectivity index (χ3v) is 3.83. The van der Waals surface area contributed by atoms with Crippen molar-refractivity contribution in [3.8, 4) is 11.4 Å². The fraction of sp³-hybridized carbons (Fsp3) is 0.188. The van der Waals surface area contributed by atoms with Gasteiger partial charge >= 0.3 is 0 Å². The van der Waals surface area contributed by atoms with Gasteiger partial charge in [0.25, 0.3) is 5.91 Å². The number of aromatic nitrogens is 5. The average molecular weight is 358 g/mol. The molecule has 3 aromatic rings. The largest absolute Gasteiger partial charge is 0.354 e. The monoisotopic (exact) mass is 357 g/mol. The summed E-state index contributed by atoms with van der Waals surface area (Å²) in [6, 6.07) is 7.26. The number of aromatic amines is 1. The van der Waals surface area contributed by atoms with Crippen LogP contribution in [0, 0.1) is 13.8 Å². The zero-order valence-electron chi connectivity index (χ0n) is 13.9. The van der Waals surface area contributed by atoms with Crippen molar-refractivity contribution >= 4 is 28.9 Å². The van der Waals surface area contributed by atoms with E-state index in [1.54, 1.807) is 6.07 Å². The maximum atomic E-state index is 12.0. The van der Waals surface area contributed by atoms with Gasteiger partial charge in [-0.1, -0.05) is 23.7 Å². The third-order valence-electron chi connectivity index (χ3n) is 3.65. The summed E-state index contributed by atoms with van der Waals surface area (Å²) in [7, 11) is 1.53. The maximum Gasteiger partial charge on any atom is 0.273 e. The van der Waals surface area contributed by atoms with Crippen molar-refractivity contribution in [1.29, 1.82) is 0 Å². The van der Waals surface area contributed by atoms with Gasteiger partial charge in [-0.05, 0) is 25.5 Å². The number of hydrogen-bond donors (Lipinski definition) is 3. The zero-order chi connectivity index (χ0) is 18.0. The molecule has 0 radical (unpaired) electrons. The van der Waals surface area contributed by atoms with Gasteiger partial charge in [-0.15, -0.1) is 10.2 Å². The van der Waals surface area contributed by atoms with Crippen LogP contribution in [0.2, 0.25) is 5.15 Å². The molecule has 9 heteroatoms. The van der Waals surface area contributed by atoms with Gasteiger partial charge in [0.05, 0.1) is 5.69 Å². The second-order valence-corrected chi connectivity index (χ2v) is 5.74. The Morgan fingerprint density at radius 2 is 2.00 bits per heavy atom. The Labute approximate surface area is 149 Å². The molecule has 0 aliphatic carbocycles. The summed E-state index contributed by atoms with van der Waals surface area (Å²) >= 11 is 5.93. The molecule has 0 aliphatic heterocycles. The molecule has 0 saturated carbocycles. The highest BCUT2D eigenvalue weighted by molar-refractivity contribution is 6.29. The summed E-state index contributed by atoms with van der Waals surface area (Å²) in [4.78, 5) is 16.4. The minimum Gasteiger partial charge on any atom is -0.354 e. The number of benzene rings is 1. The zero-order valence-corrected chi connectivity index (χ0v) is 14.6. The number of nitrogens with one attached hydrogen (secondary N) is 3. The van der Waals surface area contributed by atoms with E-state index >= 15 is 0 Å². The van der Waals surface area contributed by atoms with Crippen LogP contribution in [-0.4, -0.2) is 38.3 Å². The van der Waals surface area contributed by atoms with Gasteiger partial charge in [0.2, 0.25) is 0 Å². The lowest BCUT2D eigenvalue weighted by atomic mass is 10.1. The van der Waals surface area contributed by atoms with Crippen LogP contribution >= 0.6 is 11.6 Å². The minimum atomic E-state index is -0.356. The van der Waals surface area contributed by atoms with Gasteiger partial charge in [-0.3, -0.25) is 9.89 Å². The van der Waals surface area contributed by atoms with Crippen LogP contribution in [0.3, 0.4) is 0 Å². The number of hydrogen-bond acceptors (Lipinski definition) is 6. The predicted octanol–water partition coefficient (Wildman–Crippen LogP) is 2.64. The molecule has 0 aliphatic rings. The molecule has 2 heterocycles. The van der Waals surface area contributed by atoms with E-state index in [1.165, 1.54) is 7.05 Å². The van der Waals surface area contributed by atoms with E-state index in [4.69, 9.17) is 11.6 Å². The summed E-state index contributed by atoms with van der Waals surface area (Å²) in [5, 5.41) is 20.6. The Morgan fingerprint density at radius 1 is 1.20 bits per heavy atom. The number of nitrogens with zero attached hydrogens (tertiary/aromatic N) is 4. The first-order valence-corrected chi connectivity index (χ1v) is 7.88. The number of H-pyrrole nitrogens is 1. The SMILES string of the molecule is CNC(=O)c1nnc(Cl)cc1Nc1cccc(-c2n[nH]c(C)n2)c1C. The predicted molar refractivity (Wildman–Crippen MR) is 95.0 cm³/mol. The number of aryl methyl sites for hydroxylation is 1. The molecule has 2 aromatic heterocycles. The number of carbonyl (C=O) groups excluding carboxylic acids is 1. The average Bonchev–Trinajstić information content (AvgIpc) is 3.02. The van der Waals surface area contributed by atoms with Gasteiger partial charge in [0, 0.05) is 24.4 Å². The molecule has 0 atom stereocenters. The second-order valence-electron chi connectivity index (χ2n) is 5.36. The highest BCUT2D eigenvalue weighted by atomic mass is 35.5. The van der Waals surface area contributed by atoms with Gasteiger partial charge in [0.15, 0.2) is 16.7 Å². The molecule has 1 amide bonds. The van der Waals surface area contributed by atoms with E-state index in [0.717, 1.165) is 22.6 Å². The summed E-state index contributed by atoms with van der Waals surface area (Å²) in [5.41, 5.74) is 3.21. The number of anilines is 2. The van der Waals surface area contributed by atoms with Crippen LogP contribution < -0.4 is 10.6 Å². The standard InChI is InChI=1S/C16H16ClN7O/c1-8-10(15-19-9(2)21-24-15)5-4-6-11(8)20-12-7-13(17)22-23-14(12)16(25)18-3/h4-7H,1-3H3,(H,18,25)(H,20,22)(H,19,21,24). The highest BCUT2D eigenvalue weighted by Gasteiger charge is 2.16. The van der Waals surface area contributed by atoms with E-state index in [9.17, 15) is 4.79 Å². The lowest BCUT2D eigenvalue weighted by Gasteiger charge is -2.14. The molecule has 8 nitrogen and oxygen atoms in total. The van der Waals surface area contributed by atoms with Crippen molar-refractivity contribution in [2.45, 2.75) is 13.8 Å². The fourth-order valence-electron chi connectivity index (χ4n) is 2.37. The van der Waals surface area contributed by atoms with Crippen LogP contribution in [0.1, 0.15) is 21.9 Å². The molecule has 128 valence electrons. The van der Waals surface area contributed by atoms with Crippen LogP contribution in [-0.2, 0) is 0 Å². The molecule has 1 aromatic carbocycles. The number of amides is 1. The molecule has 25 heavy (non-hydrogen) atoms. The first-order chi connectivity index (χ1) is 12.0. The Morgan fingerprint density at radius 3 is 2.68 bits per heavy atom. The normalized spacial score (nSPS) is 10.6. The quantitative estimate of drug-likeness (QED) is 0.662. The fourth-order valence-corrected chi connectivity index (χ4v) is 2.52. The molecule has 3 rings (SSSR count). The van der Waals surface area contributed by atoms with Gasteiger partial charge in [-0.2, -0.15) is 5.10 Å². The van der Waals surface area contributed by atoms with Crippen molar-refractivity contribution in [2.24, 2.45) is 0 Å². The lowest BCUT2D eigenvalue weighted by Crippen LogP contribution is -2.21. The highest BCUT2D eigenvalue weighted by Crippen LogP contribution is 2.29.